The molecular formula is C20H17BrFN3O5. The molecule has 0 saturated carbocycles. The van der Waals surface area contributed by atoms with Gasteiger partial charge in [-0.1, -0.05) is 12.1 Å². The van der Waals surface area contributed by atoms with Gasteiger partial charge in [0.25, 0.3) is 5.91 Å². The summed E-state index contributed by atoms with van der Waals surface area (Å²) in [5.74, 6) is -1.96. The van der Waals surface area contributed by atoms with Crippen LogP contribution < -0.4 is 15.4 Å². The average molecular weight is 478 g/mol. The first-order valence-corrected chi connectivity index (χ1v) is 9.63. The van der Waals surface area contributed by atoms with Crippen molar-refractivity contribution in [3.63, 3.8) is 0 Å². The number of phenolic OH excluding ortho intramolecular Hbond substituents is 1. The summed E-state index contributed by atoms with van der Waals surface area (Å²) < 4.78 is 19.3. The van der Waals surface area contributed by atoms with Crippen LogP contribution in [0.3, 0.4) is 0 Å². The number of urea groups is 1. The van der Waals surface area contributed by atoms with Crippen LogP contribution in [0.1, 0.15) is 12.5 Å². The molecular weight excluding hydrogens is 461 g/mol. The third-order valence-corrected chi connectivity index (χ3v) is 4.68. The molecule has 4 amide bonds. The smallest absolute Gasteiger partial charge is 0.329 e. The monoisotopic (exact) mass is 477 g/mol. The van der Waals surface area contributed by atoms with E-state index in [1.165, 1.54) is 36.4 Å². The fourth-order valence-electron chi connectivity index (χ4n) is 2.72. The lowest BCUT2D eigenvalue weighted by molar-refractivity contribution is -0.127. The standard InChI is InChI=1S/C20H17BrFN3O5/c1-2-30-16-9-11(7-12(21)18(16)27)8-15-19(28)25(20(29)24-15)10-17(26)23-14-6-4-3-5-13(14)22/h3-9,27H,2,10H2,1H3,(H,23,26)(H,24,29)/b15-8+. The van der Waals surface area contributed by atoms with Gasteiger partial charge in [-0.25, -0.2) is 14.1 Å². The van der Waals surface area contributed by atoms with Gasteiger partial charge in [0.1, 0.15) is 18.1 Å². The molecule has 3 N–H and O–H groups in total. The Kier molecular flexibility index (Phi) is 6.36. The molecule has 0 aromatic heterocycles. The third-order valence-electron chi connectivity index (χ3n) is 4.07. The fourth-order valence-corrected chi connectivity index (χ4v) is 3.18. The highest BCUT2D eigenvalue weighted by atomic mass is 79.9. The molecule has 30 heavy (non-hydrogen) atoms. The van der Waals surface area contributed by atoms with Gasteiger partial charge in [-0.2, -0.15) is 0 Å². The molecule has 0 unspecified atom stereocenters. The number of imide groups is 1. The minimum absolute atomic E-state index is 0.0530. The number of halogens is 2. The van der Waals surface area contributed by atoms with Crippen LogP contribution in [0.15, 0.2) is 46.6 Å². The lowest BCUT2D eigenvalue weighted by atomic mass is 10.1. The lowest BCUT2D eigenvalue weighted by Crippen LogP contribution is -2.38. The first-order chi connectivity index (χ1) is 14.3. The lowest BCUT2D eigenvalue weighted by Gasteiger charge is -2.12. The molecule has 1 saturated heterocycles. The summed E-state index contributed by atoms with van der Waals surface area (Å²) in [7, 11) is 0. The highest BCUT2D eigenvalue weighted by Gasteiger charge is 2.35. The van der Waals surface area contributed by atoms with Crippen molar-refractivity contribution in [2.24, 2.45) is 0 Å². The normalized spacial score (nSPS) is 14.8. The quantitative estimate of drug-likeness (QED) is 0.437. The Balaban J connectivity index is 1.76. The van der Waals surface area contributed by atoms with E-state index in [0.29, 0.717) is 21.5 Å². The predicted molar refractivity (Wildman–Crippen MR) is 110 cm³/mol. The van der Waals surface area contributed by atoms with E-state index < -0.39 is 30.2 Å². The number of nitrogens with zero attached hydrogens (tertiary/aromatic N) is 1. The molecule has 3 rings (SSSR count). The number of amides is 4. The number of carbonyl (C=O) groups excluding carboxylic acids is 3. The number of benzene rings is 2. The second-order valence-corrected chi connectivity index (χ2v) is 7.04. The van der Waals surface area contributed by atoms with Crippen LogP contribution in [0, 0.1) is 5.82 Å². The van der Waals surface area contributed by atoms with Crippen LogP contribution in [0.4, 0.5) is 14.9 Å². The zero-order valence-corrected chi connectivity index (χ0v) is 17.3. The highest BCUT2D eigenvalue weighted by Crippen LogP contribution is 2.36. The summed E-state index contributed by atoms with van der Waals surface area (Å²) in [4.78, 5) is 37.6. The van der Waals surface area contributed by atoms with E-state index in [2.05, 4.69) is 26.6 Å². The van der Waals surface area contributed by atoms with Gasteiger partial charge in [-0.3, -0.25) is 9.59 Å². The van der Waals surface area contributed by atoms with Gasteiger partial charge in [0, 0.05) is 0 Å². The van der Waals surface area contributed by atoms with Crippen molar-refractivity contribution in [1.29, 1.82) is 0 Å². The second kappa shape index (κ2) is 8.95. The molecule has 0 atom stereocenters. The number of hydrogen-bond acceptors (Lipinski definition) is 5. The number of phenols is 1. The van der Waals surface area contributed by atoms with Crippen LogP contribution >= 0.6 is 15.9 Å². The Labute approximate surface area is 179 Å². The van der Waals surface area contributed by atoms with Gasteiger partial charge in [0.15, 0.2) is 11.5 Å². The molecule has 0 aliphatic carbocycles. The van der Waals surface area contributed by atoms with Crippen LogP contribution in [0.5, 0.6) is 11.5 Å². The summed E-state index contributed by atoms with van der Waals surface area (Å²) in [5.41, 5.74) is 0.367. The van der Waals surface area contributed by atoms with Gasteiger partial charge >= 0.3 is 6.03 Å². The Bertz CT molecular complexity index is 1060. The predicted octanol–water partition coefficient (Wildman–Crippen LogP) is 3.22. The van der Waals surface area contributed by atoms with Crippen molar-refractivity contribution in [1.82, 2.24) is 10.2 Å². The van der Waals surface area contributed by atoms with E-state index in [1.807, 2.05) is 0 Å². The molecule has 1 fully saturated rings. The maximum absolute atomic E-state index is 13.7. The highest BCUT2D eigenvalue weighted by molar-refractivity contribution is 9.10. The molecule has 0 bridgehead atoms. The summed E-state index contributed by atoms with van der Waals surface area (Å²) in [6.45, 7) is 1.49. The molecule has 156 valence electrons. The average Bonchev–Trinajstić information content (AvgIpc) is 2.95. The number of ether oxygens (including phenoxy) is 1. The first kappa shape index (κ1) is 21.3. The number of para-hydroxylation sites is 1. The minimum Gasteiger partial charge on any atom is -0.503 e. The minimum atomic E-state index is -0.780. The van der Waals surface area contributed by atoms with Crippen molar-refractivity contribution >= 4 is 45.5 Å². The van der Waals surface area contributed by atoms with E-state index >= 15 is 0 Å². The van der Waals surface area contributed by atoms with Crippen LogP contribution in [0.2, 0.25) is 0 Å². The molecule has 0 spiro atoms. The van der Waals surface area contributed by atoms with Crippen LogP contribution in [-0.2, 0) is 9.59 Å². The number of rotatable bonds is 6. The Morgan fingerprint density at radius 1 is 1.33 bits per heavy atom. The van der Waals surface area contributed by atoms with Gasteiger partial charge in [0.05, 0.1) is 16.8 Å². The Hall–Kier alpha value is -3.40. The number of hydrogen-bond donors (Lipinski definition) is 3. The number of aromatic hydroxyl groups is 1. The zero-order valence-electron chi connectivity index (χ0n) is 15.7. The largest absolute Gasteiger partial charge is 0.503 e. The molecule has 2 aromatic rings. The SMILES string of the molecule is CCOc1cc(/C=C2/NC(=O)N(CC(=O)Nc3ccccc3F)C2=O)cc(Br)c1O. The Morgan fingerprint density at radius 2 is 2.07 bits per heavy atom. The topological polar surface area (TPSA) is 108 Å². The van der Waals surface area contributed by atoms with Crippen LogP contribution in [0.25, 0.3) is 6.08 Å². The maximum atomic E-state index is 13.7. The molecule has 1 heterocycles. The summed E-state index contributed by atoms with van der Waals surface area (Å²) >= 11 is 3.20. The molecule has 10 heteroatoms. The second-order valence-electron chi connectivity index (χ2n) is 6.19. The molecule has 0 radical (unpaired) electrons. The summed E-state index contributed by atoms with van der Waals surface area (Å²) in [6, 6.07) is 7.82. The molecule has 1 aliphatic rings. The van der Waals surface area contributed by atoms with Crippen molar-refractivity contribution in [3.8, 4) is 11.5 Å². The summed E-state index contributed by atoms with van der Waals surface area (Å²) in [5, 5.41) is 14.7. The third kappa shape index (κ3) is 4.60. The Morgan fingerprint density at radius 3 is 2.77 bits per heavy atom. The number of anilines is 1. The fraction of sp³-hybridized carbons (Fsp3) is 0.150. The van der Waals surface area contributed by atoms with Gasteiger partial charge < -0.3 is 20.5 Å². The van der Waals surface area contributed by atoms with E-state index in [0.717, 1.165) is 0 Å². The number of carbonyl (C=O) groups is 3. The van der Waals surface area contributed by atoms with E-state index in [1.54, 1.807) is 13.0 Å². The maximum Gasteiger partial charge on any atom is 0.329 e. The van der Waals surface area contributed by atoms with E-state index in [9.17, 15) is 23.9 Å². The van der Waals surface area contributed by atoms with E-state index in [4.69, 9.17) is 4.74 Å². The van der Waals surface area contributed by atoms with Gasteiger partial charge in [0.2, 0.25) is 5.91 Å². The van der Waals surface area contributed by atoms with Crippen molar-refractivity contribution in [3.05, 3.63) is 57.9 Å². The van der Waals surface area contributed by atoms with Crippen molar-refractivity contribution in [2.45, 2.75) is 6.92 Å². The van der Waals surface area contributed by atoms with Crippen LogP contribution in [-0.4, -0.2) is 41.0 Å². The van der Waals surface area contributed by atoms with Crippen molar-refractivity contribution in [2.75, 3.05) is 18.5 Å². The zero-order chi connectivity index (χ0) is 21.8. The van der Waals surface area contributed by atoms with E-state index in [-0.39, 0.29) is 22.9 Å². The number of nitrogens with one attached hydrogen (secondary N) is 2. The van der Waals surface area contributed by atoms with Crippen molar-refractivity contribution < 1.29 is 28.6 Å². The summed E-state index contributed by atoms with van der Waals surface area (Å²) in [6.07, 6.45) is 1.39. The van der Waals surface area contributed by atoms with Gasteiger partial charge in [-0.15, -0.1) is 0 Å². The molecule has 8 nitrogen and oxygen atoms in total. The molecule has 2 aromatic carbocycles. The molecule has 1 aliphatic heterocycles. The van der Waals surface area contributed by atoms with Gasteiger partial charge in [-0.05, 0) is 58.8 Å². The first-order valence-electron chi connectivity index (χ1n) is 8.84.